The zero-order valence-corrected chi connectivity index (χ0v) is 19.7. The predicted molar refractivity (Wildman–Crippen MR) is 125 cm³/mol. The molecule has 4 heterocycles. The molecule has 0 atom stereocenters. The first-order chi connectivity index (χ1) is 17.7. The van der Waals surface area contributed by atoms with Gasteiger partial charge in [-0.05, 0) is 25.0 Å². The molecule has 2 fully saturated rings. The van der Waals surface area contributed by atoms with Gasteiger partial charge in [0.1, 0.15) is 24.3 Å². The second kappa shape index (κ2) is 9.37. The van der Waals surface area contributed by atoms with Crippen molar-refractivity contribution in [2.24, 2.45) is 0 Å². The lowest BCUT2D eigenvalue weighted by Crippen LogP contribution is -2.57. The van der Waals surface area contributed by atoms with Crippen LogP contribution in [0.2, 0.25) is 0 Å². The molecule has 0 bridgehead atoms. The van der Waals surface area contributed by atoms with Crippen LogP contribution in [0.5, 0.6) is 0 Å². The Kier molecular flexibility index (Phi) is 6.21. The fraction of sp³-hybridized carbons (Fsp3) is 0.375. The highest BCUT2D eigenvalue weighted by molar-refractivity contribution is 5.97. The van der Waals surface area contributed by atoms with Gasteiger partial charge in [0.2, 0.25) is 5.91 Å². The van der Waals surface area contributed by atoms with Crippen LogP contribution in [0, 0.1) is 0 Å². The molecule has 2 aromatic heterocycles. The molecule has 2 saturated heterocycles. The monoisotopic (exact) mass is 515 g/mol. The quantitative estimate of drug-likeness (QED) is 0.555. The van der Waals surface area contributed by atoms with Crippen molar-refractivity contribution >= 4 is 28.9 Å². The van der Waals surface area contributed by atoms with Gasteiger partial charge >= 0.3 is 6.18 Å². The Hall–Kier alpha value is -4.16. The predicted octanol–water partition coefficient (Wildman–Crippen LogP) is 1.69. The summed E-state index contributed by atoms with van der Waals surface area (Å²) in [4.78, 5) is 52.0. The zero-order valence-electron chi connectivity index (χ0n) is 19.7. The third-order valence-corrected chi connectivity index (χ3v) is 6.79. The number of fused-ring (bicyclic) bond motifs is 1. The zero-order chi connectivity index (χ0) is 26.2. The molecule has 13 heteroatoms. The first kappa shape index (κ1) is 24.5. The van der Waals surface area contributed by atoms with Crippen molar-refractivity contribution in [2.75, 3.05) is 37.7 Å². The Labute approximate surface area is 209 Å². The number of hydrogen-bond donors (Lipinski definition) is 1. The second-order valence-corrected chi connectivity index (χ2v) is 9.12. The lowest BCUT2D eigenvalue weighted by molar-refractivity contribution is -0.142. The molecule has 3 amide bonds. The Bertz CT molecular complexity index is 1320. The van der Waals surface area contributed by atoms with E-state index in [-0.39, 0.29) is 37.3 Å². The van der Waals surface area contributed by atoms with Crippen molar-refractivity contribution in [2.45, 2.75) is 24.6 Å². The van der Waals surface area contributed by atoms with Gasteiger partial charge in [-0.3, -0.25) is 14.4 Å². The van der Waals surface area contributed by atoms with Crippen molar-refractivity contribution in [3.05, 3.63) is 60.9 Å². The van der Waals surface area contributed by atoms with E-state index < -0.39 is 30.7 Å². The van der Waals surface area contributed by atoms with Crippen LogP contribution in [0.4, 0.5) is 18.9 Å². The Morgan fingerprint density at radius 1 is 1.08 bits per heavy atom. The minimum absolute atomic E-state index is 0.0507. The lowest BCUT2D eigenvalue weighted by Gasteiger charge is -2.43. The van der Waals surface area contributed by atoms with Gasteiger partial charge in [0.15, 0.2) is 0 Å². The van der Waals surface area contributed by atoms with Crippen LogP contribution in [0.15, 0.2) is 55.2 Å². The van der Waals surface area contributed by atoms with Crippen molar-refractivity contribution in [1.82, 2.24) is 29.5 Å². The second-order valence-electron chi connectivity index (χ2n) is 9.12. The summed E-state index contributed by atoms with van der Waals surface area (Å²) in [5.74, 6) is -1.50. The number of nitrogens with one attached hydrogen (secondary N) is 1. The van der Waals surface area contributed by atoms with Crippen molar-refractivity contribution in [1.29, 1.82) is 0 Å². The Morgan fingerprint density at radius 3 is 2.51 bits per heavy atom. The largest absolute Gasteiger partial charge is 0.405 e. The van der Waals surface area contributed by atoms with Gasteiger partial charge < -0.3 is 24.4 Å². The van der Waals surface area contributed by atoms with Crippen LogP contribution in [-0.2, 0) is 9.59 Å². The van der Waals surface area contributed by atoms with Crippen LogP contribution in [0.3, 0.4) is 0 Å². The minimum atomic E-state index is -4.54. The molecule has 3 aromatic rings. The smallest absolute Gasteiger partial charge is 0.345 e. The number of halogens is 3. The normalized spacial score (nSPS) is 17.6. The number of piperidine rings is 1. The van der Waals surface area contributed by atoms with E-state index >= 15 is 0 Å². The summed E-state index contributed by atoms with van der Waals surface area (Å²) in [7, 11) is 0. The van der Waals surface area contributed by atoms with Gasteiger partial charge in [-0.1, -0.05) is 18.2 Å². The Morgan fingerprint density at radius 2 is 1.81 bits per heavy atom. The number of hydrogen-bond acceptors (Lipinski definition) is 6. The highest BCUT2D eigenvalue weighted by atomic mass is 19.4. The standard InChI is InChI=1S/C24H24F3N7O3/c25-24(26,27)14-30-20(35)13-33-16-34(17-4-2-1-3-5-17)23(22(33)37)6-8-31(9-7-23)21(36)19-12-32-15-28-10-18(32)11-29-19/h1-5,10-12,15H,6-9,13-14,16H2,(H,30,35). The summed E-state index contributed by atoms with van der Waals surface area (Å²) in [6, 6.07) is 9.15. The van der Waals surface area contributed by atoms with Gasteiger partial charge in [0.25, 0.3) is 11.8 Å². The third kappa shape index (κ3) is 4.80. The van der Waals surface area contributed by atoms with E-state index in [0.717, 1.165) is 11.2 Å². The molecule has 37 heavy (non-hydrogen) atoms. The van der Waals surface area contributed by atoms with Crippen LogP contribution in [-0.4, -0.2) is 86.5 Å². The maximum Gasteiger partial charge on any atom is 0.405 e. The van der Waals surface area contributed by atoms with Gasteiger partial charge in [0.05, 0.1) is 30.9 Å². The molecule has 0 unspecified atom stereocenters. The number of anilines is 1. The topological polar surface area (TPSA) is 103 Å². The number of alkyl halides is 3. The molecular formula is C24H24F3N7O3. The van der Waals surface area contributed by atoms with Crippen molar-refractivity contribution < 1.29 is 27.6 Å². The molecule has 10 nitrogen and oxygen atoms in total. The SMILES string of the molecule is O=C(CN1CN(c2ccccc2)C2(CCN(C(=O)c3cn4cncc4cn3)CC2)C1=O)NCC(F)(F)F. The average molecular weight is 515 g/mol. The highest BCUT2D eigenvalue weighted by Crippen LogP contribution is 2.39. The number of nitrogens with zero attached hydrogens (tertiary/aromatic N) is 6. The number of amides is 3. The number of rotatable bonds is 5. The molecular weight excluding hydrogens is 491 g/mol. The van der Waals surface area contributed by atoms with Gasteiger partial charge in [-0.15, -0.1) is 0 Å². The van der Waals surface area contributed by atoms with E-state index in [9.17, 15) is 27.6 Å². The lowest BCUT2D eigenvalue weighted by atomic mass is 9.85. The molecule has 0 saturated carbocycles. The van der Waals surface area contributed by atoms with Crippen molar-refractivity contribution in [3.8, 4) is 0 Å². The molecule has 1 spiro atoms. The van der Waals surface area contributed by atoms with Crippen molar-refractivity contribution in [3.63, 3.8) is 0 Å². The van der Waals surface area contributed by atoms with E-state index in [1.54, 1.807) is 34.2 Å². The van der Waals surface area contributed by atoms with Crippen LogP contribution in [0.1, 0.15) is 23.3 Å². The van der Waals surface area contributed by atoms with E-state index in [0.29, 0.717) is 12.8 Å². The first-order valence-corrected chi connectivity index (χ1v) is 11.7. The summed E-state index contributed by atoms with van der Waals surface area (Å²) in [6.07, 6.45) is 2.41. The molecule has 0 radical (unpaired) electrons. The van der Waals surface area contributed by atoms with Gasteiger partial charge in [0, 0.05) is 25.0 Å². The average Bonchev–Trinajstić information content (AvgIpc) is 3.46. The fourth-order valence-corrected chi connectivity index (χ4v) is 4.93. The summed E-state index contributed by atoms with van der Waals surface area (Å²) in [5, 5.41) is 1.82. The van der Waals surface area contributed by atoms with E-state index in [1.807, 2.05) is 40.5 Å². The summed E-state index contributed by atoms with van der Waals surface area (Å²) >= 11 is 0. The summed E-state index contributed by atoms with van der Waals surface area (Å²) in [5.41, 5.74) is 0.733. The number of carbonyl (C=O) groups excluding carboxylic acids is 3. The first-order valence-electron chi connectivity index (χ1n) is 11.7. The van der Waals surface area contributed by atoms with Gasteiger partial charge in [-0.25, -0.2) is 9.97 Å². The summed E-state index contributed by atoms with van der Waals surface area (Å²) in [6.45, 7) is -1.36. The number of imidazole rings is 1. The van der Waals surface area contributed by atoms with E-state index in [4.69, 9.17) is 0 Å². The molecule has 194 valence electrons. The molecule has 2 aliphatic rings. The maximum atomic E-state index is 13.6. The molecule has 2 aliphatic heterocycles. The highest BCUT2D eigenvalue weighted by Gasteiger charge is 2.54. The van der Waals surface area contributed by atoms with Crippen LogP contribution < -0.4 is 10.2 Å². The van der Waals surface area contributed by atoms with E-state index in [2.05, 4.69) is 9.97 Å². The number of aromatic nitrogens is 3. The minimum Gasteiger partial charge on any atom is -0.345 e. The summed E-state index contributed by atoms with van der Waals surface area (Å²) < 4.78 is 39.2. The molecule has 1 N–H and O–H groups in total. The molecule has 1 aromatic carbocycles. The Balaban J connectivity index is 1.33. The third-order valence-electron chi connectivity index (χ3n) is 6.79. The number of likely N-dealkylation sites (tertiary alicyclic amines) is 1. The fourth-order valence-electron chi connectivity index (χ4n) is 4.93. The maximum absolute atomic E-state index is 13.6. The van der Waals surface area contributed by atoms with Crippen LogP contribution >= 0.6 is 0 Å². The molecule has 5 rings (SSSR count). The van der Waals surface area contributed by atoms with Crippen LogP contribution in [0.25, 0.3) is 5.52 Å². The van der Waals surface area contributed by atoms with Gasteiger partial charge in [-0.2, -0.15) is 13.2 Å². The molecule has 0 aliphatic carbocycles. The number of carbonyl (C=O) groups is 3. The van der Waals surface area contributed by atoms with E-state index in [1.165, 1.54) is 4.90 Å². The number of benzene rings is 1. The number of para-hydroxylation sites is 1.